The SMILES string of the molecule is O=C1NCc2ccc(Br)c(Cl)c21. The van der Waals surface area contributed by atoms with Crippen LogP contribution in [0.1, 0.15) is 15.9 Å². The van der Waals surface area contributed by atoms with Crippen LogP contribution >= 0.6 is 27.5 Å². The maximum Gasteiger partial charge on any atom is 0.253 e. The molecule has 0 bridgehead atoms. The zero-order valence-corrected chi connectivity index (χ0v) is 8.37. The highest BCUT2D eigenvalue weighted by atomic mass is 79.9. The average molecular weight is 246 g/mol. The van der Waals surface area contributed by atoms with E-state index in [-0.39, 0.29) is 5.91 Å². The summed E-state index contributed by atoms with van der Waals surface area (Å²) >= 11 is 9.19. The van der Waals surface area contributed by atoms with E-state index < -0.39 is 0 Å². The molecule has 0 spiro atoms. The number of hydrogen-bond acceptors (Lipinski definition) is 1. The van der Waals surface area contributed by atoms with E-state index in [0.29, 0.717) is 17.1 Å². The van der Waals surface area contributed by atoms with E-state index >= 15 is 0 Å². The molecule has 1 heterocycles. The molecule has 0 aromatic heterocycles. The van der Waals surface area contributed by atoms with Gasteiger partial charge in [0.1, 0.15) is 0 Å². The minimum Gasteiger partial charge on any atom is -0.348 e. The normalized spacial score (nSPS) is 14.3. The largest absolute Gasteiger partial charge is 0.348 e. The zero-order chi connectivity index (χ0) is 8.72. The Morgan fingerprint density at radius 1 is 1.50 bits per heavy atom. The van der Waals surface area contributed by atoms with Crippen molar-refractivity contribution >= 4 is 33.4 Å². The van der Waals surface area contributed by atoms with Crippen LogP contribution < -0.4 is 5.32 Å². The summed E-state index contributed by atoms with van der Waals surface area (Å²) in [5.41, 5.74) is 1.57. The molecular weight excluding hydrogens is 241 g/mol. The van der Waals surface area contributed by atoms with Crippen LogP contribution in [0.2, 0.25) is 5.02 Å². The maximum absolute atomic E-state index is 11.2. The van der Waals surface area contributed by atoms with Crippen LogP contribution in [0.25, 0.3) is 0 Å². The standard InChI is InChI=1S/C8H5BrClNO/c9-5-2-1-4-3-11-8(12)6(4)7(5)10/h1-2H,3H2,(H,11,12). The molecule has 1 aromatic carbocycles. The maximum atomic E-state index is 11.2. The summed E-state index contributed by atoms with van der Waals surface area (Å²) in [5.74, 6) is -0.0868. The first-order chi connectivity index (χ1) is 5.70. The summed E-state index contributed by atoms with van der Waals surface area (Å²) in [6, 6.07) is 3.74. The van der Waals surface area contributed by atoms with Gasteiger partial charge in [0.05, 0.1) is 10.6 Å². The molecule has 2 nitrogen and oxygen atoms in total. The smallest absolute Gasteiger partial charge is 0.253 e. The van der Waals surface area contributed by atoms with Crippen molar-refractivity contribution in [3.63, 3.8) is 0 Å². The molecule has 0 unspecified atom stereocenters. The summed E-state index contributed by atoms with van der Waals surface area (Å²) in [7, 11) is 0. The summed E-state index contributed by atoms with van der Waals surface area (Å²) < 4.78 is 0.764. The molecule has 0 fully saturated rings. The van der Waals surface area contributed by atoms with Gasteiger partial charge in [0, 0.05) is 11.0 Å². The number of nitrogens with one attached hydrogen (secondary N) is 1. The van der Waals surface area contributed by atoms with Gasteiger partial charge in [0.25, 0.3) is 5.91 Å². The lowest BCUT2D eigenvalue weighted by atomic mass is 10.1. The fourth-order valence-corrected chi connectivity index (χ4v) is 1.85. The van der Waals surface area contributed by atoms with Crippen molar-refractivity contribution < 1.29 is 4.79 Å². The Kier molecular flexibility index (Phi) is 1.85. The van der Waals surface area contributed by atoms with E-state index in [1.165, 1.54) is 0 Å². The highest BCUT2D eigenvalue weighted by Gasteiger charge is 2.22. The molecule has 0 aliphatic carbocycles. The Labute approximate surface area is 83.0 Å². The molecule has 1 aliphatic rings. The van der Waals surface area contributed by atoms with Gasteiger partial charge < -0.3 is 5.32 Å². The van der Waals surface area contributed by atoms with Crippen molar-refractivity contribution in [2.24, 2.45) is 0 Å². The van der Waals surface area contributed by atoms with Gasteiger partial charge in [0.2, 0.25) is 0 Å². The first-order valence-electron chi connectivity index (χ1n) is 3.45. The van der Waals surface area contributed by atoms with E-state index in [2.05, 4.69) is 21.2 Å². The Hall–Kier alpha value is -0.540. The van der Waals surface area contributed by atoms with Gasteiger partial charge >= 0.3 is 0 Å². The summed E-state index contributed by atoms with van der Waals surface area (Å²) in [6.45, 7) is 0.584. The minimum atomic E-state index is -0.0868. The Bertz CT molecular complexity index is 364. The van der Waals surface area contributed by atoms with Gasteiger partial charge in [-0.25, -0.2) is 0 Å². The van der Waals surface area contributed by atoms with Crippen molar-refractivity contribution in [3.05, 3.63) is 32.8 Å². The van der Waals surface area contributed by atoms with Gasteiger partial charge in [0.15, 0.2) is 0 Å². The van der Waals surface area contributed by atoms with Gasteiger partial charge in [-0.05, 0) is 27.6 Å². The monoisotopic (exact) mass is 245 g/mol. The first kappa shape index (κ1) is 8.08. The fourth-order valence-electron chi connectivity index (χ4n) is 1.25. The number of halogens is 2. The van der Waals surface area contributed by atoms with Gasteiger partial charge in [-0.3, -0.25) is 4.79 Å². The predicted molar refractivity (Wildman–Crippen MR) is 50.3 cm³/mol. The second-order valence-electron chi connectivity index (χ2n) is 2.58. The lowest BCUT2D eigenvalue weighted by Gasteiger charge is -2.00. The number of amides is 1. The molecule has 12 heavy (non-hydrogen) atoms. The van der Waals surface area contributed by atoms with Crippen LogP contribution in [0.4, 0.5) is 0 Å². The van der Waals surface area contributed by atoms with Crippen LogP contribution in [0.15, 0.2) is 16.6 Å². The van der Waals surface area contributed by atoms with E-state index in [1.54, 1.807) is 0 Å². The third-order valence-corrected chi connectivity index (χ3v) is 3.13. The molecule has 1 amide bonds. The van der Waals surface area contributed by atoms with Crippen molar-refractivity contribution in [1.82, 2.24) is 5.32 Å². The van der Waals surface area contributed by atoms with Gasteiger partial charge in [-0.1, -0.05) is 17.7 Å². The van der Waals surface area contributed by atoms with Crippen LogP contribution in [0, 0.1) is 0 Å². The van der Waals surface area contributed by atoms with Crippen molar-refractivity contribution in [1.29, 1.82) is 0 Å². The first-order valence-corrected chi connectivity index (χ1v) is 4.62. The molecular formula is C8H5BrClNO. The van der Waals surface area contributed by atoms with Crippen molar-refractivity contribution in [2.75, 3.05) is 0 Å². The Balaban J connectivity index is 2.71. The minimum absolute atomic E-state index is 0.0868. The quantitative estimate of drug-likeness (QED) is 0.748. The Morgan fingerprint density at radius 3 is 3.00 bits per heavy atom. The van der Waals surface area contributed by atoms with Gasteiger partial charge in [-0.2, -0.15) is 0 Å². The average Bonchev–Trinajstić information content (AvgIpc) is 2.41. The van der Waals surface area contributed by atoms with Crippen LogP contribution in [-0.2, 0) is 6.54 Å². The van der Waals surface area contributed by atoms with E-state index in [9.17, 15) is 4.79 Å². The number of benzene rings is 1. The van der Waals surface area contributed by atoms with E-state index in [0.717, 1.165) is 10.0 Å². The van der Waals surface area contributed by atoms with E-state index in [4.69, 9.17) is 11.6 Å². The molecule has 0 radical (unpaired) electrons. The lowest BCUT2D eigenvalue weighted by Crippen LogP contribution is -2.12. The number of hydrogen-bond donors (Lipinski definition) is 1. The zero-order valence-electron chi connectivity index (χ0n) is 6.03. The summed E-state index contributed by atoms with van der Waals surface area (Å²) in [4.78, 5) is 11.2. The number of rotatable bonds is 0. The number of carbonyl (C=O) groups is 1. The second kappa shape index (κ2) is 2.75. The fraction of sp³-hybridized carbons (Fsp3) is 0.125. The third-order valence-electron chi connectivity index (χ3n) is 1.85. The van der Waals surface area contributed by atoms with Crippen LogP contribution in [0.3, 0.4) is 0 Å². The molecule has 1 N–H and O–H groups in total. The summed E-state index contributed by atoms with van der Waals surface area (Å²) in [6.07, 6.45) is 0. The summed E-state index contributed by atoms with van der Waals surface area (Å²) in [5, 5.41) is 3.21. The highest BCUT2D eigenvalue weighted by molar-refractivity contribution is 9.10. The molecule has 0 atom stereocenters. The molecule has 1 aliphatic heterocycles. The molecule has 2 rings (SSSR count). The van der Waals surface area contributed by atoms with Crippen LogP contribution in [-0.4, -0.2) is 5.91 Å². The number of carbonyl (C=O) groups excluding carboxylic acids is 1. The van der Waals surface area contributed by atoms with E-state index in [1.807, 2.05) is 12.1 Å². The van der Waals surface area contributed by atoms with Crippen molar-refractivity contribution in [2.45, 2.75) is 6.54 Å². The topological polar surface area (TPSA) is 29.1 Å². The highest BCUT2D eigenvalue weighted by Crippen LogP contribution is 2.31. The van der Waals surface area contributed by atoms with Crippen LogP contribution in [0.5, 0.6) is 0 Å². The van der Waals surface area contributed by atoms with Gasteiger partial charge in [-0.15, -0.1) is 0 Å². The predicted octanol–water partition coefficient (Wildman–Crippen LogP) is 2.35. The van der Waals surface area contributed by atoms with Crippen molar-refractivity contribution in [3.8, 4) is 0 Å². The molecule has 0 saturated carbocycles. The lowest BCUT2D eigenvalue weighted by molar-refractivity contribution is 0.0966. The molecule has 0 saturated heterocycles. The second-order valence-corrected chi connectivity index (χ2v) is 3.81. The Morgan fingerprint density at radius 2 is 2.25 bits per heavy atom. The molecule has 4 heteroatoms. The third kappa shape index (κ3) is 1.04. The molecule has 1 aromatic rings. The number of fused-ring (bicyclic) bond motifs is 1. The molecule has 62 valence electrons.